The van der Waals surface area contributed by atoms with Crippen molar-refractivity contribution in [2.75, 3.05) is 5.32 Å². The van der Waals surface area contributed by atoms with Crippen LogP contribution in [0.5, 0.6) is 0 Å². The van der Waals surface area contributed by atoms with Crippen LogP contribution < -0.4 is 5.32 Å². The Morgan fingerprint density at radius 3 is 2.69 bits per heavy atom. The first-order valence-electron chi connectivity index (χ1n) is 5.07. The number of thiophene rings is 1. The lowest BCUT2D eigenvalue weighted by atomic mass is 10.1. The monoisotopic (exact) mass is 231 g/mol. The molecule has 0 aliphatic heterocycles. The van der Waals surface area contributed by atoms with Gasteiger partial charge in [-0.05, 0) is 36.9 Å². The first-order valence-corrected chi connectivity index (χ1v) is 6.02. The number of carbonyl (C=O) groups is 1. The van der Waals surface area contributed by atoms with Crippen molar-refractivity contribution in [3.05, 3.63) is 51.7 Å². The Labute approximate surface area is 98.9 Å². The van der Waals surface area contributed by atoms with E-state index >= 15 is 0 Å². The molecule has 0 aliphatic rings. The first kappa shape index (κ1) is 10.9. The smallest absolute Gasteiger partial charge is 0.256 e. The number of rotatable bonds is 2. The number of nitrogens with one attached hydrogen (secondary N) is 1. The van der Waals surface area contributed by atoms with Crippen molar-refractivity contribution < 1.29 is 4.79 Å². The predicted molar refractivity (Wildman–Crippen MR) is 68.2 cm³/mol. The maximum atomic E-state index is 11.8. The highest BCUT2D eigenvalue weighted by atomic mass is 32.1. The number of hydrogen-bond acceptors (Lipinski definition) is 2. The lowest BCUT2D eigenvalue weighted by molar-refractivity contribution is 0.102. The van der Waals surface area contributed by atoms with E-state index in [0.717, 1.165) is 11.3 Å². The summed E-state index contributed by atoms with van der Waals surface area (Å²) in [6.07, 6.45) is 0. The third-order valence-corrected chi connectivity index (χ3v) is 3.10. The van der Waals surface area contributed by atoms with Gasteiger partial charge in [0.15, 0.2) is 0 Å². The van der Waals surface area contributed by atoms with Gasteiger partial charge in [-0.25, -0.2) is 0 Å². The second kappa shape index (κ2) is 4.49. The van der Waals surface area contributed by atoms with E-state index in [2.05, 4.69) is 11.4 Å². The fraction of sp³-hybridized carbons (Fsp3) is 0.154. The predicted octanol–water partition coefficient (Wildman–Crippen LogP) is 3.62. The highest BCUT2D eigenvalue weighted by Crippen LogP contribution is 2.17. The minimum Gasteiger partial charge on any atom is -0.322 e. The molecule has 0 saturated carbocycles. The van der Waals surface area contributed by atoms with E-state index in [1.54, 1.807) is 0 Å². The van der Waals surface area contributed by atoms with Gasteiger partial charge >= 0.3 is 0 Å². The van der Waals surface area contributed by atoms with Crippen LogP contribution in [0.15, 0.2) is 35.0 Å². The Morgan fingerprint density at radius 1 is 1.25 bits per heavy atom. The Morgan fingerprint density at radius 2 is 2.06 bits per heavy atom. The van der Waals surface area contributed by atoms with Crippen LogP contribution in [0, 0.1) is 13.8 Å². The third kappa shape index (κ3) is 2.31. The molecule has 3 heteroatoms. The van der Waals surface area contributed by atoms with Crippen molar-refractivity contribution >= 4 is 22.9 Å². The van der Waals surface area contributed by atoms with Gasteiger partial charge < -0.3 is 5.32 Å². The molecule has 2 aromatic rings. The van der Waals surface area contributed by atoms with Gasteiger partial charge in [0.05, 0.1) is 5.56 Å². The zero-order valence-corrected chi connectivity index (χ0v) is 10.1. The number of amides is 1. The van der Waals surface area contributed by atoms with Crippen molar-refractivity contribution in [2.45, 2.75) is 13.8 Å². The normalized spacial score (nSPS) is 10.1. The molecule has 0 aliphatic carbocycles. The number of carbonyl (C=O) groups excluding carboxylic acids is 1. The zero-order valence-electron chi connectivity index (χ0n) is 9.28. The summed E-state index contributed by atoms with van der Waals surface area (Å²) in [5.74, 6) is -0.0480. The maximum Gasteiger partial charge on any atom is 0.256 e. The molecule has 1 aromatic heterocycles. The second-order valence-corrected chi connectivity index (χ2v) is 4.56. The molecule has 1 aromatic carbocycles. The number of anilines is 1. The molecule has 2 rings (SSSR count). The summed E-state index contributed by atoms with van der Waals surface area (Å²) in [6, 6.07) is 7.82. The highest BCUT2D eigenvalue weighted by Gasteiger charge is 2.07. The van der Waals surface area contributed by atoms with Gasteiger partial charge in [-0.2, -0.15) is 11.3 Å². The number of benzene rings is 1. The quantitative estimate of drug-likeness (QED) is 0.840. The molecule has 0 unspecified atom stereocenters. The molecule has 0 spiro atoms. The van der Waals surface area contributed by atoms with Crippen molar-refractivity contribution in [3.8, 4) is 0 Å². The third-order valence-electron chi connectivity index (χ3n) is 2.41. The highest BCUT2D eigenvalue weighted by molar-refractivity contribution is 7.08. The Balaban J connectivity index is 2.18. The summed E-state index contributed by atoms with van der Waals surface area (Å²) in [5.41, 5.74) is 3.88. The minimum atomic E-state index is -0.0480. The molecule has 1 amide bonds. The van der Waals surface area contributed by atoms with Crippen LogP contribution in [0.3, 0.4) is 0 Å². The lowest BCUT2D eigenvalue weighted by Crippen LogP contribution is -2.11. The van der Waals surface area contributed by atoms with Gasteiger partial charge in [0.2, 0.25) is 0 Å². The maximum absolute atomic E-state index is 11.8. The molecule has 0 radical (unpaired) electrons. The molecular weight excluding hydrogens is 218 g/mol. The van der Waals surface area contributed by atoms with Gasteiger partial charge in [-0.1, -0.05) is 17.7 Å². The largest absolute Gasteiger partial charge is 0.322 e. The fourth-order valence-electron chi connectivity index (χ4n) is 1.54. The van der Waals surface area contributed by atoms with E-state index in [1.165, 1.54) is 16.9 Å². The molecule has 1 heterocycles. The summed E-state index contributed by atoms with van der Waals surface area (Å²) < 4.78 is 0. The summed E-state index contributed by atoms with van der Waals surface area (Å²) in [7, 11) is 0. The molecular formula is C13H13NOS. The molecule has 16 heavy (non-hydrogen) atoms. The molecule has 0 bridgehead atoms. The van der Waals surface area contributed by atoms with Crippen LogP contribution in [0.2, 0.25) is 0 Å². The Kier molecular flexibility index (Phi) is 3.06. The second-order valence-electron chi connectivity index (χ2n) is 3.78. The average molecular weight is 231 g/mol. The lowest BCUT2D eigenvalue weighted by Gasteiger charge is -2.08. The van der Waals surface area contributed by atoms with Crippen LogP contribution in [-0.2, 0) is 0 Å². The summed E-state index contributed by atoms with van der Waals surface area (Å²) in [4.78, 5) is 11.8. The molecule has 2 nitrogen and oxygen atoms in total. The van der Waals surface area contributed by atoms with Crippen LogP contribution in [-0.4, -0.2) is 5.91 Å². The van der Waals surface area contributed by atoms with Gasteiger partial charge in [0, 0.05) is 11.1 Å². The van der Waals surface area contributed by atoms with Gasteiger partial charge in [-0.15, -0.1) is 0 Å². The molecule has 0 atom stereocenters. The van der Waals surface area contributed by atoms with E-state index in [-0.39, 0.29) is 5.91 Å². The summed E-state index contributed by atoms with van der Waals surface area (Å²) >= 11 is 1.52. The van der Waals surface area contributed by atoms with Crippen molar-refractivity contribution in [2.24, 2.45) is 0 Å². The van der Waals surface area contributed by atoms with Gasteiger partial charge in [0.1, 0.15) is 0 Å². The number of hydrogen-bond donors (Lipinski definition) is 1. The van der Waals surface area contributed by atoms with E-state index < -0.39 is 0 Å². The van der Waals surface area contributed by atoms with Gasteiger partial charge in [-0.3, -0.25) is 4.79 Å². The van der Waals surface area contributed by atoms with Crippen molar-refractivity contribution in [1.82, 2.24) is 0 Å². The first-order chi connectivity index (χ1) is 7.66. The van der Waals surface area contributed by atoms with Crippen molar-refractivity contribution in [1.29, 1.82) is 0 Å². The van der Waals surface area contributed by atoms with Crippen LogP contribution in [0.4, 0.5) is 5.69 Å². The van der Waals surface area contributed by atoms with E-state index in [1.807, 2.05) is 42.8 Å². The molecule has 1 N–H and O–H groups in total. The van der Waals surface area contributed by atoms with E-state index in [0.29, 0.717) is 5.56 Å². The SMILES string of the molecule is Cc1ccc(NC(=O)c2ccsc2)c(C)c1. The van der Waals surface area contributed by atoms with Crippen LogP contribution in [0.25, 0.3) is 0 Å². The summed E-state index contributed by atoms with van der Waals surface area (Å²) in [6.45, 7) is 4.04. The van der Waals surface area contributed by atoms with Gasteiger partial charge in [0.25, 0.3) is 5.91 Å². The van der Waals surface area contributed by atoms with E-state index in [9.17, 15) is 4.79 Å². The zero-order chi connectivity index (χ0) is 11.5. The molecule has 0 fully saturated rings. The topological polar surface area (TPSA) is 29.1 Å². The minimum absolute atomic E-state index is 0.0480. The summed E-state index contributed by atoms with van der Waals surface area (Å²) in [5, 5.41) is 6.65. The Bertz CT molecular complexity index is 503. The van der Waals surface area contributed by atoms with Crippen LogP contribution in [0.1, 0.15) is 21.5 Å². The van der Waals surface area contributed by atoms with Crippen LogP contribution >= 0.6 is 11.3 Å². The fourth-order valence-corrected chi connectivity index (χ4v) is 2.18. The van der Waals surface area contributed by atoms with Crippen molar-refractivity contribution in [3.63, 3.8) is 0 Å². The standard InChI is InChI=1S/C13H13NOS/c1-9-3-4-12(10(2)7-9)14-13(15)11-5-6-16-8-11/h3-8H,1-2H3,(H,14,15). The molecule has 82 valence electrons. The Hall–Kier alpha value is -1.61. The molecule has 0 saturated heterocycles. The number of aryl methyl sites for hydroxylation is 2. The average Bonchev–Trinajstić information content (AvgIpc) is 2.75. The van der Waals surface area contributed by atoms with E-state index in [4.69, 9.17) is 0 Å².